The highest BCUT2D eigenvalue weighted by Crippen LogP contribution is 2.17. The van der Waals surface area contributed by atoms with Crippen molar-refractivity contribution in [1.29, 1.82) is 0 Å². The lowest BCUT2D eigenvalue weighted by Gasteiger charge is -2.10. The molecule has 0 fully saturated rings. The summed E-state index contributed by atoms with van der Waals surface area (Å²) in [5.41, 5.74) is 0. The first kappa shape index (κ1) is 19.9. The lowest BCUT2D eigenvalue weighted by molar-refractivity contribution is 0.466. The van der Waals surface area contributed by atoms with Crippen molar-refractivity contribution in [2.75, 3.05) is 0 Å². The van der Waals surface area contributed by atoms with Crippen LogP contribution in [0.4, 0.5) is 0 Å². The summed E-state index contributed by atoms with van der Waals surface area (Å²) < 4.78 is 0. The van der Waals surface area contributed by atoms with Gasteiger partial charge in [-0.15, -0.1) is 0 Å². The third-order valence-electron chi connectivity index (χ3n) is 3.43. The second-order valence-electron chi connectivity index (χ2n) is 5.27. The van der Waals surface area contributed by atoms with Crippen molar-refractivity contribution in [1.82, 2.24) is 0 Å². The minimum absolute atomic E-state index is 0. The van der Waals surface area contributed by atoms with E-state index < -0.39 is 0 Å². The molecule has 0 aliphatic rings. The van der Waals surface area contributed by atoms with Crippen molar-refractivity contribution >= 4 is 17.4 Å². The van der Waals surface area contributed by atoms with Gasteiger partial charge in [-0.25, -0.2) is 0 Å². The van der Waals surface area contributed by atoms with Crippen molar-refractivity contribution < 1.29 is 0 Å². The molecule has 0 heterocycles. The third kappa shape index (κ3) is 16.5. The maximum Gasteiger partial charge on any atom is 0.187 e. The summed E-state index contributed by atoms with van der Waals surface area (Å²) in [6, 6.07) is 0. The summed E-state index contributed by atoms with van der Waals surface area (Å²) in [5.74, 6) is 0.725. The van der Waals surface area contributed by atoms with Gasteiger partial charge in [-0.3, -0.25) is 0 Å². The van der Waals surface area contributed by atoms with Crippen LogP contribution in [0.25, 0.3) is 0 Å². The zero-order valence-corrected chi connectivity index (χ0v) is 11.8. The summed E-state index contributed by atoms with van der Waals surface area (Å²) in [6.45, 7) is 8.83. The summed E-state index contributed by atoms with van der Waals surface area (Å²) >= 11 is 0. The van der Waals surface area contributed by atoms with Gasteiger partial charge in [-0.05, 0) is 5.92 Å². The first-order valence-electron chi connectivity index (χ1n) is 7.64. The lowest BCUT2D eigenvalue weighted by atomic mass is 9.96. The Morgan fingerprint density at radius 1 is 0.647 bits per heavy atom. The van der Waals surface area contributed by atoms with Crippen LogP contribution in [0, 0.1) is 12.8 Å². The largest absolute Gasteiger partial charge is 0.187 e. The van der Waals surface area contributed by atoms with Gasteiger partial charge in [0.2, 0.25) is 0 Å². The first-order valence-corrected chi connectivity index (χ1v) is 7.64. The van der Waals surface area contributed by atoms with E-state index in [0.29, 0.717) is 0 Å². The van der Waals surface area contributed by atoms with Crippen LogP contribution in [0.1, 0.15) is 90.9 Å². The Morgan fingerprint density at radius 2 is 1.00 bits per heavy atom. The lowest BCUT2D eigenvalue weighted by Crippen LogP contribution is -1.95. The van der Waals surface area contributed by atoms with E-state index in [4.69, 9.17) is 0 Å². The number of hydrogen-bond acceptors (Lipinski definition) is 0. The molecule has 0 bridgehead atoms. The van der Waals surface area contributed by atoms with Crippen LogP contribution in [0.3, 0.4) is 0 Å². The Bertz CT molecular complexity index is 123. The van der Waals surface area contributed by atoms with Gasteiger partial charge < -0.3 is 0 Å². The Morgan fingerprint density at radius 3 is 1.47 bits per heavy atom. The molecular weight excluding hydrogens is 219 g/mol. The van der Waals surface area contributed by atoms with Gasteiger partial charge in [0.25, 0.3) is 0 Å². The average Bonchev–Trinajstić information content (AvgIpc) is 2.29. The predicted molar refractivity (Wildman–Crippen MR) is 85.5 cm³/mol. The van der Waals surface area contributed by atoms with Gasteiger partial charge in [0.05, 0.1) is 0 Å². The molecule has 0 aromatic rings. The van der Waals surface area contributed by atoms with Crippen molar-refractivity contribution in [3.8, 4) is 0 Å². The molecule has 0 saturated heterocycles. The maximum atomic E-state index is 4.27. The number of rotatable bonds is 12. The molecule has 0 saturated carbocycles. The Hall–Kier alpha value is 0.532. The molecule has 1 heteroatoms. The molecule has 0 aliphatic heterocycles. The maximum absolute atomic E-state index is 4.27. The fraction of sp³-hybridized carbons (Fsp3) is 0.938. The van der Waals surface area contributed by atoms with E-state index in [2.05, 4.69) is 20.8 Å². The molecule has 0 spiro atoms. The molecule has 0 rings (SSSR count). The highest BCUT2D eigenvalue weighted by Gasteiger charge is 2.01. The van der Waals surface area contributed by atoms with Crippen LogP contribution in [-0.2, 0) is 0 Å². The number of unbranched alkanes of at least 4 members (excludes halogenated alkanes) is 8. The van der Waals surface area contributed by atoms with Gasteiger partial charge in [-0.1, -0.05) is 97.8 Å². The van der Waals surface area contributed by atoms with Crippen LogP contribution in [0.2, 0.25) is 0 Å². The van der Waals surface area contributed by atoms with Crippen molar-refractivity contribution in [3.63, 3.8) is 0 Å². The fourth-order valence-electron chi connectivity index (χ4n) is 2.22. The van der Waals surface area contributed by atoms with E-state index in [-0.39, 0.29) is 17.4 Å². The molecule has 0 nitrogen and oxygen atoms in total. The molecule has 1 unspecified atom stereocenters. The van der Waals surface area contributed by atoms with Gasteiger partial charge in [0.15, 0.2) is 17.4 Å². The molecule has 1 radical (unpaired) electrons. The Labute approximate surface area is 121 Å². The molecule has 103 valence electrons. The molecule has 17 heavy (non-hydrogen) atoms. The van der Waals surface area contributed by atoms with Crippen molar-refractivity contribution in [2.45, 2.75) is 90.9 Å². The Kier molecular flexibility index (Phi) is 19.3. The van der Waals surface area contributed by atoms with Gasteiger partial charge in [0, 0.05) is 0 Å². The summed E-state index contributed by atoms with van der Waals surface area (Å²) in [5, 5.41) is 0. The molecular formula is C16H36Al. The quantitative estimate of drug-likeness (QED) is 0.341. The average molecular weight is 255 g/mol. The van der Waals surface area contributed by atoms with Gasteiger partial charge in [-0.2, -0.15) is 0 Å². The van der Waals surface area contributed by atoms with Crippen molar-refractivity contribution in [3.05, 3.63) is 6.92 Å². The summed E-state index contributed by atoms with van der Waals surface area (Å²) in [4.78, 5) is 0. The Balaban J connectivity index is 0. The molecule has 0 aliphatic carbocycles. The molecule has 0 N–H and O–H groups in total. The van der Waals surface area contributed by atoms with Crippen molar-refractivity contribution in [2.24, 2.45) is 5.92 Å². The third-order valence-corrected chi connectivity index (χ3v) is 3.43. The molecule has 0 amide bonds. The smallest absolute Gasteiger partial charge is 0.0654 e. The van der Waals surface area contributed by atoms with Crippen LogP contribution < -0.4 is 0 Å². The highest BCUT2D eigenvalue weighted by atomic mass is 27.0. The standard InChI is InChI=1S/C16H33.Al.3H/c1-4-6-8-10-11-13-15-16(3)14-12-9-7-5-2;;;;/h16H,3-15H2,1-2H3;;;;. The fourth-order valence-corrected chi connectivity index (χ4v) is 2.22. The zero-order chi connectivity index (χ0) is 12.1. The van der Waals surface area contributed by atoms with Crippen LogP contribution in [0.15, 0.2) is 0 Å². The van der Waals surface area contributed by atoms with E-state index in [0.717, 1.165) is 5.92 Å². The predicted octanol–water partition coefficient (Wildman–Crippen LogP) is 4.97. The second kappa shape index (κ2) is 16.5. The van der Waals surface area contributed by atoms with Crippen LogP contribution in [0.5, 0.6) is 0 Å². The van der Waals surface area contributed by atoms with E-state index in [1.807, 2.05) is 0 Å². The summed E-state index contributed by atoms with van der Waals surface area (Å²) in [6.07, 6.45) is 16.8. The van der Waals surface area contributed by atoms with Crippen LogP contribution >= 0.6 is 0 Å². The van der Waals surface area contributed by atoms with Gasteiger partial charge >= 0.3 is 0 Å². The molecule has 0 aromatic heterocycles. The first-order chi connectivity index (χ1) is 7.81. The highest BCUT2D eigenvalue weighted by molar-refractivity contribution is 5.75. The van der Waals surface area contributed by atoms with E-state index in [1.165, 1.54) is 77.0 Å². The minimum Gasteiger partial charge on any atom is -0.0654 e. The van der Waals surface area contributed by atoms with Crippen LogP contribution in [-0.4, -0.2) is 17.4 Å². The number of hydrogen-bond donors (Lipinski definition) is 0. The summed E-state index contributed by atoms with van der Waals surface area (Å²) in [7, 11) is 0. The SMILES string of the molecule is [AlH3].[CH2]C(CCCCCC)CCCCCCCC. The molecule has 1 atom stereocenters. The molecule has 0 aromatic carbocycles. The topological polar surface area (TPSA) is 0 Å². The van der Waals surface area contributed by atoms with Gasteiger partial charge in [0.1, 0.15) is 0 Å². The van der Waals surface area contributed by atoms with E-state index >= 15 is 0 Å². The van der Waals surface area contributed by atoms with E-state index in [1.54, 1.807) is 0 Å². The monoisotopic (exact) mass is 255 g/mol. The minimum atomic E-state index is 0. The normalized spacial score (nSPS) is 12.2. The zero-order valence-electron chi connectivity index (χ0n) is 11.8. The second-order valence-corrected chi connectivity index (χ2v) is 5.27. The van der Waals surface area contributed by atoms with E-state index in [9.17, 15) is 0 Å².